The van der Waals surface area contributed by atoms with Gasteiger partial charge >= 0.3 is 0 Å². The van der Waals surface area contributed by atoms with Crippen molar-refractivity contribution in [3.05, 3.63) is 57.8 Å². The predicted octanol–water partition coefficient (Wildman–Crippen LogP) is 3.47. The lowest BCUT2D eigenvalue weighted by molar-refractivity contribution is 0.239. The molecule has 5 aromatic rings. The Bertz CT molecular complexity index is 1460. The first-order valence-corrected chi connectivity index (χ1v) is 9.59. The molecular formula is C20H16ClN5O4. The third-order valence-corrected chi connectivity index (χ3v) is 5.25. The third-order valence-electron chi connectivity index (χ3n) is 4.95. The molecule has 1 N–H and O–H groups in total. The van der Waals surface area contributed by atoms with Crippen molar-refractivity contribution in [1.29, 1.82) is 0 Å². The van der Waals surface area contributed by atoms with E-state index in [1.165, 1.54) is 10.9 Å². The largest absolute Gasteiger partial charge is 0.456 e. The van der Waals surface area contributed by atoms with E-state index in [0.717, 1.165) is 0 Å². The van der Waals surface area contributed by atoms with E-state index in [0.29, 0.717) is 27.6 Å². The molecule has 0 saturated heterocycles. The molecule has 0 aliphatic heterocycles. The Labute approximate surface area is 174 Å². The third kappa shape index (κ3) is 2.66. The van der Waals surface area contributed by atoms with Crippen molar-refractivity contribution in [2.24, 2.45) is 0 Å². The topological polar surface area (TPSA) is 112 Å². The highest BCUT2D eigenvalue weighted by Gasteiger charge is 2.24. The molecule has 4 aromatic heterocycles. The second kappa shape index (κ2) is 6.82. The number of rotatable bonds is 4. The van der Waals surface area contributed by atoms with Gasteiger partial charge in [-0.05, 0) is 38.1 Å². The molecular weight excluding hydrogens is 410 g/mol. The van der Waals surface area contributed by atoms with Crippen LogP contribution in [0.5, 0.6) is 0 Å². The minimum Gasteiger partial charge on any atom is -0.456 e. The maximum Gasteiger partial charge on any atom is 0.293 e. The molecule has 1 aromatic carbocycles. The summed E-state index contributed by atoms with van der Waals surface area (Å²) < 4.78 is 13.9. The van der Waals surface area contributed by atoms with Crippen LogP contribution in [-0.2, 0) is 0 Å². The number of aliphatic hydroxyl groups is 1. The second-order valence-corrected chi connectivity index (χ2v) is 7.37. The van der Waals surface area contributed by atoms with Gasteiger partial charge in [-0.25, -0.2) is 4.98 Å². The first kappa shape index (κ1) is 18.6. The Morgan fingerprint density at radius 1 is 1.23 bits per heavy atom. The number of hydrogen-bond acceptors (Lipinski definition) is 7. The monoisotopic (exact) mass is 425 g/mol. The molecule has 0 amide bonds. The van der Waals surface area contributed by atoms with Gasteiger partial charge in [0.2, 0.25) is 5.82 Å². The molecule has 0 aliphatic carbocycles. The summed E-state index contributed by atoms with van der Waals surface area (Å²) in [6, 6.07) is 8.32. The Morgan fingerprint density at radius 2 is 2.07 bits per heavy atom. The number of imidazole rings is 1. The molecule has 4 heterocycles. The summed E-state index contributed by atoms with van der Waals surface area (Å²) >= 11 is 6.41. The van der Waals surface area contributed by atoms with Gasteiger partial charge in [-0.15, -0.1) is 0 Å². The van der Waals surface area contributed by atoms with Crippen molar-refractivity contribution in [1.82, 2.24) is 24.1 Å². The summed E-state index contributed by atoms with van der Waals surface area (Å²) in [6.45, 7) is 3.32. The molecule has 0 saturated carbocycles. The highest BCUT2D eigenvalue weighted by atomic mass is 35.5. The fourth-order valence-electron chi connectivity index (χ4n) is 3.52. The first-order valence-electron chi connectivity index (χ1n) is 9.21. The number of aliphatic hydroxyl groups excluding tert-OH is 1. The van der Waals surface area contributed by atoms with Crippen molar-refractivity contribution >= 4 is 28.2 Å². The van der Waals surface area contributed by atoms with Gasteiger partial charge in [-0.2, -0.15) is 4.98 Å². The predicted molar refractivity (Wildman–Crippen MR) is 109 cm³/mol. The summed E-state index contributed by atoms with van der Waals surface area (Å²) in [5.41, 5.74) is 1.33. The fourth-order valence-corrected chi connectivity index (χ4v) is 3.78. The molecule has 10 heteroatoms. The molecule has 0 fully saturated rings. The van der Waals surface area contributed by atoms with Crippen LogP contribution in [0.15, 0.2) is 50.4 Å². The standard InChI is InChI=1S/C20H16ClN5O4/c1-10(8-27)26-16-12(21)4-3-5-13(16)25-9-22-15(17(25)20(26)28)18-23-19(30-24-18)14-7-6-11(2)29-14/h3-7,9-10,27H,8H2,1-2H3. The van der Waals surface area contributed by atoms with Gasteiger partial charge in [-0.1, -0.05) is 22.8 Å². The number of nitrogens with zero attached hydrogens (tertiary/aromatic N) is 5. The van der Waals surface area contributed by atoms with Crippen LogP contribution in [0.4, 0.5) is 0 Å². The molecule has 0 bridgehead atoms. The van der Waals surface area contributed by atoms with Gasteiger partial charge in [0.05, 0.1) is 28.7 Å². The Kier molecular flexibility index (Phi) is 4.23. The van der Waals surface area contributed by atoms with Crippen LogP contribution in [0.2, 0.25) is 5.02 Å². The van der Waals surface area contributed by atoms with E-state index in [1.807, 2.05) is 13.0 Å². The molecule has 30 heavy (non-hydrogen) atoms. The van der Waals surface area contributed by atoms with Gasteiger partial charge in [-0.3, -0.25) is 13.8 Å². The average molecular weight is 426 g/mol. The number of aryl methyl sites for hydroxylation is 1. The minimum absolute atomic E-state index is 0.156. The Morgan fingerprint density at radius 3 is 2.80 bits per heavy atom. The van der Waals surface area contributed by atoms with E-state index in [2.05, 4.69) is 15.1 Å². The van der Waals surface area contributed by atoms with Crippen LogP contribution < -0.4 is 5.56 Å². The van der Waals surface area contributed by atoms with Crippen molar-refractivity contribution in [2.75, 3.05) is 6.61 Å². The van der Waals surface area contributed by atoms with Crippen LogP contribution in [-0.4, -0.2) is 35.8 Å². The molecule has 0 aliphatic rings. The van der Waals surface area contributed by atoms with Gasteiger partial charge in [0.15, 0.2) is 5.76 Å². The highest BCUT2D eigenvalue weighted by Crippen LogP contribution is 2.29. The average Bonchev–Trinajstić information content (AvgIpc) is 3.47. The van der Waals surface area contributed by atoms with Gasteiger partial charge in [0.25, 0.3) is 11.4 Å². The van der Waals surface area contributed by atoms with E-state index in [4.69, 9.17) is 20.5 Å². The van der Waals surface area contributed by atoms with Crippen molar-refractivity contribution in [2.45, 2.75) is 19.9 Å². The first-order chi connectivity index (χ1) is 14.5. The van der Waals surface area contributed by atoms with Crippen molar-refractivity contribution < 1.29 is 14.0 Å². The zero-order valence-corrected chi connectivity index (χ0v) is 16.8. The van der Waals surface area contributed by atoms with Gasteiger partial charge in [0, 0.05) is 0 Å². The van der Waals surface area contributed by atoms with Crippen LogP contribution >= 0.6 is 11.6 Å². The summed E-state index contributed by atoms with van der Waals surface area (Å²) in [4.78, 5) is 22.2. The molecule has 152 valence electrons. The number of benzene rings is 1. The fraction of sp³-hybridized carbons (Fsp3) is 0.200. The molecule has 1 unspecified atom stereocenters. The zero-order chi connectivity index (χ0) is 21.0. The maximum absolute atomic E-state index is 13.5. The van der Waals surface area contributed by atoms with Crippen molar-refractivity contribution in [3.8, 4) is 23.2 Å². The van der Waals surface area contributed by atoms with Crippen LogP contribution in [0.1, 0.15) is 18.7 Å². The molecule has 1 atom stereocenters. The summed E-state index contributed by atoms with van der Waals surface area (Å²) in [6.07, 6.45) is 1.52. The molecule has 9 nitrogen and oxygen atoms in total. The van der Waals surface area contributed by atoms with Crippen LogP contribution in [0.25, 0.3) is 39.7 Å². The van der Waals surface area contributed by atoms with E-state index < -0.39 is 6.04 Å². The van der Waals surface area contributed by atoms with Gasteiger partial charge < -0.3 is 14.0 Å². The van der Waals surface area contributed by atoms with Crippen LogP contribution in [0.3, 0.4) is 0 Å². The molecule has 0 spiro atoms. The lowest BCUT2D eigenvalue weighted by Gasteiger charge is -2.18. The Hall–Kier alpha value is -3.43. The second-order valence-electron chi connectivity index (χ2n) is 6.96. The van der Waals surface area contributed by atoms with E-state index in [-0.39, 0.29) is 35.1 Å². The zero-order valence-electron chi connectivity index (χ0n) is 16.0. The lowest BCUT2D eigenvalue weighted by atomic mass is 10.2. The number of aromatic nitrogens is 5. The summed E-state index contributed by atoms with van der Waals surface area (Å²) in [5, 5.41) is 14.1. The number of furan rings is 1. The normalized spacial score (nSPS) is 12.8. The lowest BCUT2D eigenvalue weighted by Crippen LogP contribution is -2.27. The molecule has 0 radical (unpaired) electrons. The smallest absolute Gasteiger partial charge is 0.293 e. The maximum atomic E-state index is 13.5. The number of fused-ring (bicyclic) bond motifs is 3. The Balaban J connectivity index is 1.80. The number of halogens is 1. The van der Waals surface area contributed by atoms with E-state index >= 15 is 0 Å². The van der Waals surface area contributed by atoms with Crippen molar-refractivity contribution in [3.63, 3.8) is 0 Å². The quantitative estimate of drug-likeness (QED) is 0.469. The van der Waals surface area contributed by atoms with Crippen LogP contribution in [0, 0.1) is 6.92 Å². The number of hydrogen-bond donors (Lipinski definition) is 1. The number of para-hydroxylation sites is 1. The minimum atomic E-state index is -0.500. The van der Waals surface area contributed by atoms with E-state index in [1.54, 1.807) is 35.6 Å². The highest BCUT2D eigenvalue weighted by molar-refractivity contribution is 6.35. The molecule has 5 rings (SSSR count). The van der Waals surface area contributed by atoms with Gasteiger partial charge in [0.1, 0.15) is 23.3 Å². The summed E-state index contributed by atoms with van der Waals surface area (Å²) in [5.74, 6) is 1.48. The SMILES string of the molecule is Cc1ccc(-c2nc(-c3ncn4c3c(=O)n(C(C)CO)c3c(Cl)cccc34)no2)o1. The van der Waals surface area contributed by atoms with E-state index in [9.17, 15) is 9.90 Å². The summed E-state index contributed by atoms with van der Waals surface area (Å²) in [7, 11) is 0.